The Bertz CT molecular complexity index is 1400. The predicted molar refractivity (Wildman–Crippen MR) is 169 cm³/mol. The van der Waals surface area contributed by atoms with Crippen LogP contribution in [0.25, 0.3) is 6.08 Å². The van der Waals surface area contributed by atoms with Gasteiger partial charge in [-0.15, -0.1) is 0 Å². The van der Waals surface area contributed by atoms with Gasteiger partial charge >= 0.3 is 0 Å². The molecule has 3 aromatic rings. The van der Waals surface area contributed by atoms with Crippen molar-refractivity contribution in [3.05, 3.63) is 82.8 Å². The summed E-state index contributed by atoms with van der Waals surface area (Å²) in [6.07, 6.45) is 6.54. The Balaban J connectivity index is 1.39. The second-order valence-corrected chi connectivity index (χ2v) is 11.8. The van der Waals surface area contributed by atoms with Crippen LogP contribution in [0.1, 0.15) is 50.7 Å². The summed E-state index contributed by atoms with van der Waals surface area (Å²) in [4.78, 5) is 16.7. The van der Waals surface area contributed by atoms with Crippen molar-refractivity contribution in [2.45, 2.75) is 57.7 Å². The summed E-state index contributed by atoms with van der Waals surface area (Å²) < 4.78 is 23.0. The fourth-order valence-corrected chi connectivity index (χ4v) is 6.88. The molecule has 1 N–H and O–H groups in total. The number of carbonyl (C=O) groups is 1. The number of hydrogen-bond donors (Lipinski definition) is 1. The minimum atomic E-state index is -0.163. The maximum Gasteiger partial charge on any atom is 0.262 e. The van der Waals surface area contributed by atoms with Gasteiger partial charge in [0.25, 0.3) is 5.91 Å². The number of carbonyl (C=O) groups excluding carboxylic acids is 1. The molecule has 5 rings (SSSR count). The lowest BCUT2D eigenvalue weighted by atomic mass is 9.85. The lowest BCUT2D eigenvalue weighted by Crippen LogP contribution is -2.48. The van der Waals surface area contributed by atoms with Crippen LogP contribution in [0.5, 0.6) is 23.0 Å². The van der Waals surface area contributed by atoms with Crippen molar-refractivity contribution in [2.24, 2.45) is 5.92 Å². The Morgan fingerprint density at radius 1 is 0.929 bits per heavy atom. The van der Waals surface area contributed by atoms with Gasteiger partial charge in [-0.1, -0.05) is 55.8 Å². The predicted octanol–water partition coefficient (Wildman–Crippen LogP) is 7.57. The zero-order chi connectivity index (χ0) is 29.5. The first-order chi connectivity index (χ1) is 20.5. The highest BCUT2D eigenvalue weighted by molar-refractivity contribution is 8.05. The van der Waals surface area contributed by atoms with Gasteiger partial charge in [-0.2, -0.15) is 0 Å². The van der Waals surface area contributed by atoms with Crippen LogP contribution >= 0.6 is 11.8 Å². The van der Waals surface area contributed by atoms with Crippen molar-refractivity contribution < 1.29 is 23.7 Å². The number of nitrogens with zero attached hydrogens (tertiary/aromatic N) is 1. The lowest BCUT2D eigenvalue weighted by Gasteiger charge is -2.39. The van der Waals surface area contributed by atoms with Crippen LogP contribution < -0.4 is 24.3 Å². The molecule has 8 heteroatoms. The summed E-state index contributed by atoms with van der Waals surface area (Å²) in [5, 5.41) is 3.61. The van der Waals surface area contributed by atoms with Gasteiger partial charge in [0.1, 0.15) is 18.1 Å². The van der Waals surface area contributed by atoms with Crippen molar-refractivity contribution in [3.8, 4) is 23.0 Å². The molecule has 2 fully saturated rings. The molecular weight excluding hydrogens is 548 g/mol. The molecule has 1 saturated heterocycles. The Hall–Kier alpha value is -3.78. The molecule has 3 atom stereocenters. The van der Waals surface area contributed by atoms with Crippen LogP contribution in [0.3, 0.4) is 0 Å². The molecule has 1 heterocycles. The third-order valence-corrected chi connectivity index (χ3v) is 8.97. The average Bonchev–Trinajstić information content (AvgIpc) is 3.30. The molecule has 0 spiro atoms. The molecule has 1 saturated carbocycles. The van der Waals surface area contributed by atoms with E-state index in [2.05, 4.69) is 17.1 Å². The van der Waals surface area contributed by atoms with E-state index >= 15 is 0 Å². The highest BCUT2D eigenvalue weighted by Crippen LogP contribution is 2.43. The molecule has 3 aromatic carbocycles. The van der Waals surface area contributed by atoms with Crippen molar-refractivity contribution in [3.63, 3.8) is 0 Å². The number of hydrogen-bond acceptors (Lipinski definition) is 7. The maximum absolute atomic E-state index is 13.9. The van der Waals surface area contributed by atoms with Gasteiger partial charge in [-0.05, 0) is 79.8 Å². The highest BCUT2D eigenvalue weighted by Gasteiger charge is 2.42. The zero-order valence-electron chi connectivity index (χ0n) is 24.8. The smallest absolute Gasteiger partial charge is 0.262 e. The molecule has 1 aliphatic heterocycles. The largest absolute Gasteiger partial charge is 0.497 e. The molecule has 1 unspecified atom stereocenters. The third kappa shape index (κ3) is 6.81. The Labute approximate surface area is 253 Å². The van der Waals surface area contributed by atoms with E-state index in [9.17, 15) is 4.79 Å². The number of para-hydroxylation sites is 1. The fourth-order valence-electron chi connectivity index (χ4n) is 5.67. The maximum atomic E-state index is 13.9. The van der Waals surface area contributed by atoms with E-state index in [1.54, 1.807) is 26.0 Å². The number of amides is 1. The van der Waals surface area contributed by atoms with Gasteiger partial charge in [0.15, 0.2) is 17.0 Å². The lowest BCUT2D eigenvalue weighted by molar-refractivity contribution is -0.129. The third-order valence-electron chi connectivity index (χ3n) is 7.86. The number of nitrogens with one attached hydrogen (secondary N) is 1. The van der Waals surface area contributed by atoms with Gasteiger partial charge in [0.2, 0.25) is 0 Å². The first-order valence-electron chi connectivity index (χ1n) is 14.6. The van der Waals surface area contributed by atoms with E-state index in [-0.39, 0.29) is 24.1 Å². The Morgan fingerprint density at radius 3 is 2.45 bits per heavy atom. The summed E-state index contributed by atoms with van der Waals surface area (Å²) in [5.74, 6) is 3.25. The summed E-state index contributed by atoms with van der Waals surface area (Å²) in [6.45, 7) is 5.00. The molecule has 222 valence electrons. The molecule has 42 heavy (non-hydrogen) atoms. The molecular formula is C34H40N2O5S. The number of rotatable bonds is 11. The first kappa shape index (κ1) is 29.7. The number of ether oxygens (including phenoxy) is 4. The molecule has 2 aliphatic rings. The quantitative estimate of drug-likeness (QED) is 0.232. The fraction of sp³-hybridized carbons (Fsp3) is 0.382. The van der Waals surface area contributed by atoms with Crippen LogP contribution in [0, 0.1) is 5.92 Å². The van der Waals surface area contributed by atoms with Gasteiger partial charge in [-0.3, -0.25) is 4.79 Å². The van der Waals surface area contributed by atoms with E-state index in [4.69, 9.17) is 18.9 Å². The van der Waals surface area contributed by atoms with Crippen molar-refractivity contribution in [1.29, 1.82) is 0 Å². The van der Waals surface area contributed by atoms with Crippen molar-refractivity contribution in [2.75, 3.05) is 26.1 Å². The van der Waals surface area contributed by atoms with Gasteiger partial charge < -0.3 is 29.2 Å². The average molecular weight is 589 g/mol. The van der Waals surface area contributed by atoms with Crippen LogP contribution in [0.15, 0.2) is 71.6 Å². The number of anilines is 1. The van der Waals surface area contributed by atoms with Crippen molar-refractivity contribution >= 4 is 29.4 Å². The molecule has 7 nitrogen and oxygen atoms in total. The zero-order valence-corrected chi connectivity index (χ0v) is 25.6. The van der Waals surface area contributed by atoms with E-state index in [0.29, 0.717) is 24.0 Å². The number of thioether (sulfide) groups is 1. The van der Waals surface area contributed by atoms with Crippen LogP contribution in [0.4, 0.5) is 5.69 Å². The topological polar surface area (TPSA) is 69.3 Å². The Kier molecular flexibility index (Phi) is 9.85. The summed E-state index contributed by atoms with van der Waals surface area (Å²) in [7, 11) is 3.27. The van der Waals surface area contributed by atoms with Crippen LogP contribution in [-0.4, -0.2) is 43.2 Å². The molecule has 1 aliphatic carbocycles. The van der Waals surface area contributed by atoms with E-state index < -0.39 is 0 Å². The summed E-state index contributed by atoms with van der Waals surface area (Å²) >= 11 is 1.58. The van der Waals surface area contributed by atoms with Gasteiger partial charge in [0, 0.05) is 17.3 Å². The SMILES string of the molecule is CCOc1cc(/C=C2\SC(Nc3ccccc3)N([C@H]3CCCC[C@@H]3C)C2=O)ccc1OCc1cc(OC)ccc1OC. The summed E-state index contributed by atoms with van der Waals surface area (Å²) in [5.41, 5.74) is 2.60. The standard InChI is InChI=1S/C34H40N2O5S/c1-5-40-31-19-24(15-17-30(31)41-22-25-21-27(38-3)16-18-29(25)39-4)20-32-33(37)36(28-14-10-9-11-23(28)2)34(42-32)35-26-12-7-6-8-13-26/h6-8,12-13,15-21,23,28,34-35H,5,9-11,14,22H2,1-4H3/b32-20-/t23-,28-,34?/m0/s1. The summed E-state index contributed by atoms with van der Waals surface area (Å²) in [6, 6.07) is 21.8. The van der Waals surface area contributed by atoms with Crippen LogP contribution in [0.2, 0.25) is 0 Å². The Morgan fingerprint density at radius 2 is 1.71 bits per heavy atom. The van der Waals surface area contributed by atoms with Crippen LogP contribution in [-0.2, 0) is 11.4 Å². The second kappa shape index (κ2) is 13.9. The van der Waals surface area contributed by atoms with E-state index in [0.717, 1.165) is 52.5 Å². The monoisotopic (exact) mass is 588 g/mol. The molecule has 1 amide bonds. The first-order valence-corrected chi connectivity index (χ1v) is 15.5. The molecule has 0 radical (unpaired) electrons. The minimum Gasteiger partial charge on any atom is -0.497 e. The highest BCUT2D eigenvalue weighted by atomic mass is 32.2. The minimum absolute atomic E-state index is 0.0792. The van der Waals surface area contributed by atoms with Gasteiger partial charge in [-0.25, -0.2) is 0 Å². The molecule has 0 aromatic heterocycles. The second-order valence-electron chi connectivity index (χ2n) is 10.6. The number of methoxy groups -OCH3 is 2. The van der Waals surface area contributed by atoms with E-state index in [1.165, 1.54) is 6.42 Å². The van der Waals surface area contributed by atoms with Gasteiger partial charge in [0.05, 0.1) is 25.7 Å². The van der Waals surface area contributed by atoms with Crippen molar-refractivity contribution in [1.82, 2.24) is 4.90 Å². The molecule has 0 bridgehead atoms. The normalized spacial score (nSPS) is 21.3. The van der Waals surface area contributed by atoms with E-state index in [1.807, 2.05) is 79.7 Å². The number of benzene rings is 3.